The molecular weight excluding hydrogens is 260 g/mol. The summed E-state index contributed by atoms with van der Waals surface area (Å²) in [6, 6.07) is 8.19. The SMILES string of the molecule is COc1ccccc1N(C)C(CN)(CC(C)C)CC(C)C. The molecule has 3 nitrogen and oxygen atoms in total. The lowest BCUT2D eigenvalue weighted by Crippen LogP contribution is -2.54. The van der Waals surface area contributed by atoms with Gasteiger partial charge < -0.3 is 15.4 Å². The van der Waals surface area contributed by atoms with Crippen LogP contribution in [-0.2, 0) is 0 Å². The Morgan fingerprint density at radius 1 is 1.10 bits per heavy atom. The van der Waals surface area contributed by atoms with Gasteiger partial charge in [0.2, 0.25) is 0 Å². The van der Waals surface area contributed by atoms with Gasteiger partial charge in [0.25, 0.3) is 0 Å². The summed E-state index contributed by atoms with van der Waals surface area (Å²) in [6.07, 6.45) is 2.16. The van der Waals surface area contributed by atoms with Crippen molar-refractivity contribution in [1.82, 2.24) is 0 Å². The van der Waals surface area contributed by atoms with Crippen molar-refractivity contribution < 1.29 is 4.74 Å². The van der Waals surface area contributed by atoms with Crippen LogP contribution in [0, 0.1) is 11.8 Å². The lowest BCUT2D eigenvalue weighted by molar-refractivity contribution is 0.278. The van der Waals surface area contributed by atoms with Crippen molar-refractivity contribution in [2.45, 2.75) is 46.1 Å². The van der Waals surface area contributed by atoms with Crippen molar-refractivity contribution >= 4 is 5.69 Å². The van der Waals surface area contributed by atoms with Crippen LogP contribution in [0.3, 0.4) is 0 Å². The maximum atomic E-state index is 6.25. The van der Waals surface area contributed by atoms with Gasteiger partial charge in [0.1, 0.15) is 5.75 Å². The summed E-state index contributed by atoms with van der Waals surface area (Å²) in [4.78, 5) is 2.34. The molecule has 0 atom stereocenters. The fourth-order valence-electron chi connectivity index (χ4n) is 3.34. The topological polar surface area (TPSA) is 38.5 Å². The Kier molecular flexibility index (Phi) is 6.53. The van der Waals surface area contributed by atoms with E-state index >= 15 is 0 Å². The van der Waals surface area contributed by atoms with Gasteiger partial charge in [-0.2, -0.15) is 0 Å². The third-order valence-corrected chi connectivity index (χ3v) is 4.11. The highest BCUT2D eigenvalue weighted by molar-refractivity contribution is 5.59. The average Bonchev–Trinajstić information content (AvgIpc) is 2.44. The number of rotatable bonds is 8. The van der Waals surface area contributed by atoms with E-state index in [4.69, 9.17) is 10.5 Å². The number of methoxy groups -OCH3 is 1. The van der Waals surface area contributed by atoms with Crippen LogP contribution in [-0.4, -0.2) is 26.2 Å². The van der Waals surface area contributed by atoms with Gasteiger partial charge in [-0.15, -0.1) is 0 Å². The number of benzene rings is 1. The summed E-state index contributed by atoms with van der Waals surface area (Å²) in [6.45, 7) is 9.71. The van der Waals surface area contributed by atoms with E-state index in [0.29, 0.717) is 18.4 Å². The molecule has 120 valence electrons. The molecule has 0 saturated heterocycles. The second-order valence-electron chi connectivity index (χ2n) is 6.86. The summed E-state index contributed by atoms with van der Waals surface area (Å²) in [7, 11) is 3.87. The standard InChI is InChI=1S/C18H32N2O/c1-14(2)11-18(13-19,12-15(3)4)20(5)16-9-7-8-10-17(16)21-6/h7-10,14-15H,11-13,19H2,1-6H3. The molecule has 0 heterocycles. The van der Waals surface area contributed by atoms with Crippen LogP contribution in [0.1, 0.15) is 40.5 Å². The Bertz CT molecular complexity index is 419. The number of ether oxygens (including phenoxy) is 1. The predicted molar refractivity (Wildman–Crippen MR) is 92.1 cm³/mol. The molecule has 1 aromatic rings. The van der Waals surface area contributed by atoms with Gasteiger partial charge in [0.05, 0.1) is 18.3 Å². The van der Waals surface area contributed by atoms with Crippen molar-refractivity contribution in [3.05, 3.63) is 24.3 Å². The minimum Gasteiger partial charge on any atom is -0.495 e. The van der Waals surface area contributed by atoms with Gasteiger partial charge in [-0.05, 0) is 36.8 Å². The summed E-state index contributed by atoms with van der Waals surface area (Å²) in [5.41, 5.74) is 7.34. The first-order chi connectivity index (χ1) is 9.86. The third kappa shape index (κ3) is 4.37. The molecule has 0 unspecified atom stereocenters. The molecule has 0 amide bonds. The molecule has 0 aliphatic heterocycles. The van der Waals surface area contributed by atoms with Crippen LogP contribution in [0.4, 0.5) is 5.69 Å². The van der Waals surface area contributed by atoms with Crippen LogP contribution in [0.5, 0.6) is 5.75 Å². The minimum atomic E-state index is -0.0308. The highest BCUT2D eigenvalue weighted by Gasteiger charge is 2.35. The second-order valence-corrected chi connectivity index (χ2v) is 6.86. The maximum Gasteiger partial charge on any atom is 0.142 e. The van der Waals surface area contributed by atoms with E-state index in [-0.39, 0.29) is 5.54 Å². The van der Waals surface area contributed by atoms with Crippen molar-refractivity contribution in [3.8, 4) is 5.75 Å². The van der Waals surface area contributed by atoms with Crippen molar-refractivity contribution in [2.24, 2.45) is 17.6 Å². The van der Waals surface area contributed by atoms with Crippen LogP contribution in [0.25, 0.3) is 0 Å². The highest BCUT2D eigenvalue weighted by atomic mass is 16.5. The lowest BCUT2D eigenvalue weighted by Gasteiger charge is -2.45. The van der Waals surface area contributed by atoms with E-state index in [0.717, 1.165) is 24.3 Å². The lowest BCUT2D eigenvalue weighted by atomic mass is 9.80. The Hall–Kier alpha value is -1.22. The van der Waals surface area contributed by atoms with E-state index in [1.165, 1.54) is 0 Å². The normalized spacial score (nSPS) is 12.0. The summed E-state index contributed by atoms with van der Waals surface area (Å²) >= 11 is 0. The molecule has 0 fully saturated rings. The molecular formula is C18H32N2O. The molecule has 0 spiro atoms. The molecule has 1 aromatic carbocycles. The van der Waals surface area contributed by atoms with Crippen molar-refractivity contribution in [1.29, 1.82) is 0 Å². The number of anilines is 1. The Labute approximate surface area is 130 Å². The number of hydrogen-bond donors (Lipinski definition) is 1. The van der Waals surface area contributed by atoms with Gasteiger partial charge >= 0.3 is 0 Å². The van der Waals surface area contributed by atoms with Gasteiger partial charge in [-0.25, -0.2) is 0 Å². The van der Waals surface area contributed by atoms with Crippen LogP contribution in [0.2, 0.25) is 0 Å². The molecule has 21 heavy (non-hydrogen) atoms. The quantitative estimate of drug-likeness (QED) is 0.789. The number of likely N-dealkylation sites (N-methyl/N-ethyl adjacent to an activating group) is 1. The van der Waals surface area contributed by atoms with Gasteiger partial charge in [-0.1, -0.05) is 39.8 Å². The number of nitrogens with two attached hydrogens (primary N) is 1. The van der Waals surface area contributed by atoms with Crippen LogP contribution < -0.4 is 15.4 Å². The molecule has 2 N–H and O–H groups in total. The fourth-order valence-corrected chi connectivity index (χ4v) is 3.34. The van der Waals surface area contributed by atoms with Gasteiger partial charge in [0, 0.05) is 13.6 Å². The molecule has 0 radical (unpaired) electrons. The zero-order chi connectivity index (χ0) is 16.0. The van der Waals surface area contributed by atoms with Crippen molar-refractivity contribution in [2.75, 3.05) is 25.6 Å². The Balaban J connectivity index is 3.22. The van der Waals surface area contributed by atoms with E-state index < -0.39 is 0 Å². The smallest absolute Gasteiger partial charge is 0.142 e. The average molecular weight is 292 g/mol. The first kappa shape index (κ1) is 17.8. The molecule has 1 rings (SSSR count). The van der Waals surface area contributed by atoms with E-state index in [2.05, 4.69) is 51.8 Å². The molecule has 0 aliphatic rings. The van der Waals surface area contributed by atoms with E-state index in [1.807, 2.05) is 12.1 Å². The monoisotopic (exact) mass is 292 g/mol. The third-order valence-electron chi connectivity index (χ3n) is 4.11. The first-order valence-electron chi connectivity index (χ1n) is 7.93. The number of hydrogen-bond acceptors (Lipinski definition) is 3. The molecule has 0 bridgehead atoms. The van der Waals surface area contributed by atoms with Crippen molar-refractivity contribution in [3.63, 3.8) is 0 Å². The number of nitrogens with zero attached hydrogens (tertiary/aromatic N) is 1. The molecule has 0 aromatic heterocycles. The fraction of sp³-hybridized carbons (Fsp3) is 0.667. The predicted octanol–water partition coefficient (Wildman–Crippen LogP) is 3.92. The molecule has 0 aliphatic carbocycles. The first-order valence-corrected chi connectivity index (χ1v) is 7.93. The maximum absolute atomic E-state index is 6.25. The summed E-state index contributed by atoms with van der Waals surface area (Å²) < 4.78 is 5.53. The zero-order valence-electron chi connectivity index (χ0n) is 14.5. The van der Waals surface area contributed by atoms with Gasteiger partial charge in [0.15, 0.2) is 0 Å². The summed E-state index contributed by atoms with van der Waals surface area (Å²) in [5, 5.41) is 0. The van der Waals surface area contributed by atoms with E-state index in [9.17, 15) is 0 Å². The number of para-hydroxylation sites is 2. The molecule has 0 saturated carbocycles. The zero-order valence-corrected chi connectivity index (χ0v) is 14.5. The highest BCUT2D eigenvalue weighted by Crippen LogP contribution is 2.37. The Morgan fingerprint density at radius 3 is 2.05 bits per heavy atom. The second kappa shape index (κ2) is 7.69. The van der Waals surface area contributed by atoms with Gasteiger partial charge in [-0.3, -0.25) is 0 Å². The minimum absolute atomic E-state index is 0.0308. The summed E-state index contributed by atoms with van der Waals surface area (Å²) in [5.74, 6) is 2.11. The molecule has 3 heteroatoms. The van der Waals surface area contributed by atoms with Crippen LogP contribution >= 0.6 is 0 Å². The largest absolute Gasteiger partial charge is 0.495 e. The Morgan fingerprint density at radius 2 is 1.62 bits per heavy atom. The van der Waals surface area contributed by atoms with E-state index in [1.54, 1.807) is 7.11 Å². The van der Waals surface area contributed by atoms with Crippen LogP contribution in [0.15, 0.2) is 24.3 Å².